The molecule has 0 spiro atoms. The first-order valence-electron chi connectivity index (χ1n) is 14.1. The molecule has 2 aromatic carbocycles. The normalized spacial score (nSPS) is 14.2. The van der Waals surface area contributed by atoms with Crippen LogP contribution < -0.4 is 5.32 Å². The Kier molecular flexibility index (Phi) is 14.1. The summed E-state index contributed by atoms with van der Waals surface area (Å²) in [6, 6.07) is 25.7. The minimum absolute atomic E-state index is 0.0563. The van der Waals surface area contributed by atoms with E-state index in [2.05, 4.69) is 80.8 Å². The van der Waals surface area contributed by atoms with Crippen molar-refractivity contribution < 1.29 is 24.6 Å². The van der Waals surface area contributed by atoms with E-state index in [0.717, 1.165) is 44.7 Å². The fraction of sp³-hybridized carbons (Fsp3) is 0.235. The van der Waals surface area contributed by atoms with Crippen molar-refractivity contribution in [3.8, 4) is 0 Å². The number of hydrogen-bond acceptors (Lipinski definition) is 6. The van der Waals surface area contributed by atoms with Crippen LogP contribution >= 0.6 is 0 Å². The lowest BCUT2D eigenvalue weighted by atomic mass is 9.96. The minimum Gasteiger partial charge on any atom is -0.478 e. The Morgan fingerprint density at radius 2 is 1.40 bits per heavy atom. The summed E-state index contributed by atoms with van der Waals surface area (Å²) in [6.45, 7) is 5.85. The van der Waals surface area contributed by atoms with Gasteiger partial charge in [-0.2, -0.15) is 0 Å². The Bertz CT molecular complexity index is 1300. The van der Waals surface area contributed by atoms with Crippen LogP contribution in [0.25, 0.3) is 6.08 Å². The van der Waals surface area contributed by atoms with Crippen molar-refractivity contribution in [3.63, 3.8) is 0 Å². The molecule has 1 saturated heterocycles. The largest absolute Gasteiger partial charge is 0.478 e. The van der Waals surface area contributed by atoms with E-state index in [1.54, 1.807) is 24.5 Å². The van der Waals surface area contributed by atoms with Crippen LogP contribution in [-0.2, 0) is 14.4 Å². The lowest BCUT2D eigenvalue weighted by molar-refractivity contribution is -0.134. The maximum atomic E-state index is 12.0. The van der Waals surface area contributed by atoms with Crippen molar-refractivity contribution in [2.24, 2.45) is 0 Å². The Labute approximate surface area is 252 Å². The van der Waals surface area contributed by atoms with E-state index >= 15 is 0 Å². The highest BCUT2D eigenvalue weighted by molar-refractivity contribution is 5.89. The summed E-state index contributed by atoms with van der Waals surface area (Å²) in [7, 11) is 0. The van der Waals surface area contributed by atoms with Gasteiger partial charge >= 0.3 is 11.9 Å². The molecule has 1 aromatic heterocycles. The number of aliphatic carboxylic acids is 2. The number of carboxylic acids is 2. The second-order valence-corrected chi connectivity index (χ2v) is 9.76. The molecule has 0 aliphatic carbocycles. The molecule has 1 amide bonds. The lowest BCUT2D eigenvalue weighted by Crippen LogP contribution is -2.48. The third-order valence-electron chi connectivity index (χ3n) is 6.65. The molecule has 0 unspecified atom stereocenters. The van der Waals surface area contributed by atoms with Crippen LogP contribution in [0.1, 0.15) is 29.2 Å². The molecule has 1 aliphatic heterocycles. The van der Waals surface area contributed by atoms with Crippen LogP contribution in [0.15, 0.2) is 116 Å². The van der Waals surface area contributed by atoms with E-state index in [1.807, 2.05) is 24.3 Å². The van der Waals surface area contributed by atoms with Crippen molar-refractivity contribution >= 4 is 23.9 Å². The van der Waals surface area contributed by atoms with E-state index < -0.39 is 11.9 Å². The Hall–Kier alpha value is -4.86. The Balaban J connectivity index is 0.000000557. The van der Waals surface area contributed by atoms with Crippen LogP contribution in [-0.4, -0.2) is 82.1 Å². The van der Waals surface area contributed by atoms with Crippen molar-refractivity contribution in [1.29, 1.82) is 0 Å². The zero-order valence-electron chi connectivity index (χ0n) is 24.0. The smallest absolute Gasteiger partial charge is 0.328 e. The Morgan fingerprint density at radius 3 is 1.93 bits per heavy atom. The highest BCUT2D eigenvalue weighted by Crippen LogP contribution is 2.29. The highest BCUT2D eigenvalue weighted by atomic mass is 16.4. The third-order valence-corrected chi connectivity index (χ3v) is 6.65. The highest BCUT2D eigenvalue weighted by Gasteiger charge is 2.26. The number of hydrogen-bond donors (Lipinski definition) is 3. The number of nitrogens with zero attached hydrogens (tertiary/aromatic N) is 3. The van der Waals surface area contributed by atoms with E-state index in [1.165, 1.54) is 11.1 Å². The molecular formula is C34H38N4O5. The molecule has 4 rings (SSSR count). The lowest BCUT2D eigenvalue weighted by Gasteiger charge is -2.39. The molecule has 1 fully saturated rings. The van der Waals surface area contributed by atoms with Gasteiger partial charge in [0.25, 0.3) is 0 Å². The van der Waals surface area contributed by atoms with E-state index in [-0.39, 0.29) is 11.9 Å². The van der Waals surface area contributed by atoms with Crippen LogP contribution in [0.5, 0.6) is 0 Å². The van der Waals surface area contributed by atoms with Gasteiger partial charge in [0.05, 0.1) is 6.04 Å². The zero-order valence-corrected chi connectivity index (χ0v) is 24.0. The summed E-state index contributed by atoms with van der Waals surface area (Å²) in [5.41, 5.74) is 3.70. The summed E-state index contributed by atoms with van der Waals surface area (Å²) >= 11 is 0. The minimum atomic E-state index is -1.26. The number of piperazine rings is 1. The van der Waals surface area contributed by atoms with Gasteiger partial charge in [-0.15, -0.1) is 0 Å². The number of amides is 1. The van der Waals surface area contributed by atoms with E-state index in [9.17, 15) is 14.4 Å². The maximum absolute atomic E-state index is 12.0. The monoisotopic (exact) mass is 582 g/mol. The fourth-order valence-corrected chi connectivity index (χ4v) is 4.63. The van der Waals surface area contributed by atoms with Crippen LogP contribution in [0, 0.1) is 0 Å². The molecule has 0 bridgehead atoms. The SMILES string of the molecule is O=C(/C=C/C=C/c1cccnc1)NCCCN1CCN(C(c2ccccc2)c2ccccc2)CC1.O=C(O)/C=C/C(=O)O. The summed E-state index contributed by atoms with van der Waals surface area (Å²) in [4.78, 5) is 40.3. The molecule has 9 nitrogen and oxygen atoms in total. The van der Waals surface area contributed by atoms with Crippen LogP contribution in [0.4, 0.5) is 0 Å². The van der Waals surface area contributed by atoms with Gasteiger partial charge in [-0.1, -0.05) is 85.0 Å². The first-order chi connectivity index (χ1) is 20.9. The first kappa shape index (κ1) is 32.7. The molecule has 9 heteroatoms. The van der Waals surface area contributed by atoms with Crippen molar-refractivity contribution in [1.82, 2.24) is 20.1 Å². The topological polar surface area (TPSA) is 123 Å². The molecule has 0 atom stereocenters. The summed E-state index contributed by atoms with van der Waals surface area (Å²) in [5, 5.41) is 18.6. The summed E-state index contributed by atoms with van der Waals surface area (Å²) in [5.74, 6) is -2.57. The Morgan fingerprint density at radius 1 is 0.791 bits per heavy atom. The van der Waals surface area contributed by atoms with Gasteiger partial charge in [-0.05, 0) is 35.7 Å². The van der Waals surface area contributed by atoms with E-state index in [0.29, 0.717) is 18.7 Å². The first-order valence-corrected chi connectivity index (χ1v) is 14.1. The average molecular weight is 583 g/mol. The molecule has 2 heterocycles. The number of carbonyl (C=O) groups is 3. The van der Waals surface area contributed by atoms with Gasteiger partial charge in [-0.25, -0.2) is 9.59 Å². The third kappa shape index (κ3) is 12.7. The fourth-order valence-electron chi connectivity index (χ4n) is 4.63. The quantitative estimate of drug-likeness (QED) is 0.164. The van der Waals surface area contributed by atoms with Crippen molar-refractivity contribution in [2.75, 3.05) is 39.3 Å². The number of carbonyl (C=O) groups excluding carboxylic acids is 1. The molecule has 3 N–H and O–H groups in total. The van der Waals surface area contributed by atoms with Gasteiger partial charge in [0.1, 0.15) is 0 Å². The molecule has 0 radical (unpaired) electrons. The molecule has 43 heavy (non-hydrogen) atoms. The number of benzene rings is 2. The van der Waals surface area contributed by atoms with Gasteiger partial charge in [-0.3, -0.25) is 14.7 Å². The van der Waals surface area contributed by atoms with Gasteiger partial charge in [0.15, 0.2) is 0 Å². The van der Waals surface area contributed by atoms with Crippen molar-refractivity contribution in [3.05, 3.63) is 132 Å². The molecule has 0 saturated carbocycles. The summed E-state index contributed by atoms with van der Waals surface area (Å²) < 4.78 is 0. The van der Waals surface area contributed by atoms with Gasteiger partial charge in [0.2, 0.25) is 5.91 Å². The van der Waals surface area contributed by atoms with E-state index in [4.69, 9.17) is 10.2 Å². The number of aromatic nitrogens is 1. The number of allylic oxidation sites excluding steroid dienone is 2. The number of pyridine rings is 1. The zero-order chi connectivity index (χ0) is 30.7. The standard InChI is InChI=1S/C30H34N4O.C4H4O4/c35-29(17-8-7-11-26-12-9-18-31-25-26)32-19-10-20-33-21-23-34(24-22-33)30(27-13-3-1-4-14-27)28-15-5-2-6-16-28;5-3(6)1-2-4(7)8/h1-9,11-18,25,30H,10,19-24H2,(H,32,35);1-2H,(H,5,6)(H,7,8)/b11-7+,17-8+;2-1+. The molecule has 1 aliphatic rings. The summed E-state index contributed by atoms with van der Waals surface area (Å²) in [6.07, 6.45) is 12.7. The van der Waals surface area contributed by atoms with Crippen LogP contribution in [0.3, 0.4) is 0 Å². The second-order valence-electron chi connectivity index (χ2n) is 9.76. The molecular weight excluding hydrogens is 544 g/mol. The van der Waals surface area contributed by atoms with Gasteiger partial charge < -0.3 is 20.4 Å². The molecule has 224 valence electrons. The average Bonchev–Trinajstić information content (AvgIpc) is 3.03. The maximum Gasteiger partial charge on any atom is 0.328 e. The van der Waals surface area contributed by atoms with Crippen molar-refractivity contribution in [2.45, 2.75) is 12.5 Å². The number of nitrogens with one attached hydrogen (secondary N) is 1. The van der Waals surface area contributed by atoms with Crippen LogP contribution in [0.2, 0.25) is 0 Å². The van der Waals surface area contributed by atoms with Gasteiger partial charge in [0, 0.05) is 63.3 Å². The predicted molar refractivity (Wildman–Crippen MR) is 167 cm³/mol. The second kappa shape index (κ2) is 18.5. The number of rotatable bonds is 12. The molecule has 3 aromatic rings. The predicted octanol–water partition coefficient (Wildman–Crippen LogP) is 4.28. The number of carboxylic acid groups (broad SMARTS) is 2.